The number of carbonyl (C=O) groups is 5. The number of hydrogen-bond acceptors (Lipinski definition) is 13. The largest absolute Gasteiger partial charge is 0.445 e. The fraction of sp³-hybridized carbons (Fsp3) is 0.643. The molecule has 1 aromatic heterocycles. The number of aromatic nitrogens is 1. The van der Waals surface area contributed by atoms with E-state index in [0.29, 0.717) is 23.8 Å². The molecule has 0 bridgehead atoms. The molecule has 2 aliphatic heterocycles. The second kappa shape index (κ2) is 14.6. The van der Waals surface area contributed by atoms with Crippen LogP contribution in [0, 0.1) is 5.41 Å². The number of fused-ring (bicyclic) bond motifs is 1. The van der Waals surface area contributed by atoms with Crippen LogP contribution in [0.25, 0.3) is 0 Å². The zero-order chi connectivity index (χ0) is 32.9. The molecule has 1 aromatic rings. The first kappa shape index (κ1) is 35.1. The maximum absolute atomic E-state index is 13.9. The summed E-state index contributed by atoms with van der Waals surface area (Å²) in [6.07, 6.45) is -0.412. The molecule has 16 heteroatoms. The number of ether oxygens (including phenoxy) is 3. The Labute approximate surface area is 265 Å². The average Bonchev–Trinajstić information content (AvgIpc) is 3.38. The topological polar surface area (TPSA) is 196 Å². The molecule has 0 aliphatic carbocycles. The molecule has 0 saturated carbocycles. The van der Waals surface area contributed by atoms with Gasteiger partial charge in [-0.2, -0.15) is 0 Å². The second-order valence-electron chi connectivity index (χ2n) is 11.7. The van der Waals surface area contributed by atoms with E-state index in [4.69, 9.17) is 25.7 Å². The van der Waals surface area contributed by atoms with Crippen molar-refractivity contribution in [2.45, 2.75) is 84.3 Å². The molecule has 1 saturated heterocycles. The van der Waals surface area contributed by atoms with Gasteiger partial charge < -0.3 is 31.0 Å². The summed E-state index contributed by atoms with van der Waals surface area (Å²) >= 11 is 2.52. The van der Waals surface area contributed by atoms with Gasteiger partial charge in [-0.1, -0.05) is 13.8 Å². The lowest BCUT2D eigenvalue weighted by atomic mass is 9.90. The number of esters is 2. The monoisotopic (exact) mass is 654 g/mol. The van der Waals surface area contributed by atoms with Gasteiger partial charge >= 0.3 is 18.0 Å². The van der Waals surface area contributed by atoms with E-state index in [-0.39, 0.29) is 41.6 Å². The molecule has 44 heavy (non-hydrogen) atoms. The van der Waals surface area contributed by atoms with Gasteiger partial charge in [-0.15, -0.1) is 23.1 Å². The van der Waals surface area contributed by atoms with Crippen LogP contribution in [-0.2, 0) is 33.4 Å². The van der Waals surface area contributed by atoms with Crippen LogP contribution in [0.15, 0.2) is 16.7 Å². The minimum absolute atomic E-state index is 0.147. The molecule has 0 spiro atoms. The van der Waals surface area contributed by atoms with Crippen LogP contribution in [0.5, 0.6) is 0 Å². The van der Waals surface area contributed by atoms with Crippen molar-refractivity contribution in [1.29, 1.82) is 0 Å². The number of likely N-dealkylation sites (N-methyl/N-ethyl adjacent to an activating group) is 1. The van der Waals surface area contributed by atoms with E-state index in [2.05, 4.69) is 29.0 Å². The van der Waals surface area contributed by atoms with Gasteiger partial charge in [0.05, 0.1) is 17.0 Å². The van der Waals surface area contributed by atoms with E-state index in [1.807, 2.05) is 13.8 Å². The van der Waals surface area contributed by atoms with Crippen LogP contribution in [0.4, 0.5) is 9.93 Å². The summed E-state index contributed by atoms with van der Waals surface area (Å²) in [4.78, 5) is 71.9. The Hall–Kier alpha value is -3.37. The van der Waals surface area contributed by atoms with Crippen LogP contribution < -0.4 is 16.8 Å². The highest BCUT2D eigenvalue weighted by molar-refractivity contribution is 8.00. The number of thioether (sulfide) groups is 1. The number of thiazole rings is 1. The van der Waals surface area contributed by atoms with Gasteiger partial charge in [-0.3, -0.25) is 24.2 Å². The first-order valence-corrected chi connectivity index (χ1v) is 16.2. The van der Waals surface area contributed by atoms with Crippen molar-refractivity contribution < 1.29 is 38.2 Å². The first-order chi connectivity index (χ1) is 20.6. The number of carbonyl (C=O) groups excluding carboxylic acids is 5. The molecular formula is C28H42N6O8S2. The number of β-lactam (4-membered cyclic amide) rings is 1. The highest BCUT2D eigenvalue weighted by Crippen LogP contribution is 2.41. The summed E-state index contributed by atoms with van der Waals surface area (Å²) in [5.74, 6) is -2.99. The molecule has 244 valence electrons. The van der Waals surface area contributed by atoms with E-state index >= 15 is 0 Å². The minimum Gasteiger partial charge on any atom is -0.445 e. The van der Waals surface area contributed by atoms with Gasteiger partial charge in [-0.05, 0) is 47.6 Å². The average molecular weight is 655 g/mol. The van der Waals surface area contributed by atoms with Crippen molar-refractivity contribution in [1.82, 2.24) is 20.1 Å². The third-order valence-electron chi connectivity index (χ3n) is 7.32. The normalized spacial score (nSPS) is 19.7. The van der Waals surface area contributed by atoms with E-state index in [1.165, 1.54) is 28.0 Å². The van der Waals surface area contributed by atoms with E-state index in [9.17, 15) is 24.0 Å². The molecular weight excluding hydrogens is 612 g/mol. The fourth-order valence-electron chi connectivity index (χ4n) is 5.20. The van der Waals surface area contributed by atoms with Gasteiger partial charge in [0.2, 0.25) is 12.7 Å². The van der Waals surface area contributed by atoms with E-state index < -0.39 is 53.5 Å². The number of nitrogens with two attached hydrogens (primary N) is 2. The molecule has 2 aliphatic rings. The molecule has 14 nitrogen and oxygen atoms in total. The van der Waals surface area contributed by atoms with Gasteiger partial charge in [0, 0.05) is 28.8 Å². The zero-order valence-corrected chi connectivity index (χ0v) is 27.7. The SMILES string of the molecule is CCC(C(C(=O)N[C@@H]1C(=O)N2C(C(=O)OCOC(=O)C(C)(C)C)=C(COC(N)=O)CS[C@H]12)c1csc(N)n1)N(CC)C(C)C. The van der Waals surface area contributed by atoms with Gasteiger partial charge in [0.25, 0.3) is 5.91 Å². The maximum atomic E-state index is 13.9. The number of nitrogen functional groups attached to an aromatic ring is 1. The second-order valence-corrected chi connectivity index (χ2v) is 13.7. The molecule has 3 rings (SSSR count). The van der Waals surface area contributed by atoms with Gasteiger partial charge in [0.15, 0.2) is 5.13 Å². The summed E-state index contributed by atoms with van der Waals surface area (Å²) in [6, 6.07) is -1.02. The Balaban J connectivity index is 1.85. The van der Waals surface area contributed by atoms with Crippen LogP contribution in [0.1, 0.15) is 66.5 Å². The third-order valence-corrected chi connectivity index (χ3v) is 9.35. The lowest BCUT2D eigenvalue weighted by Gasteiger charge is -2.50. The highest BCUT2D eigenvalue weighted by atomic mass is 32.2. The molecule has 2 unspecified atom stereocenters. The summed E-state index contributed by atoms with van der Waals surface area (Å²) in [5.41, 5.74) is 10.9. The van der Waals surface area contributed by atoms with Crippen molar-refractivity contribution in [3.63, 3.8) is 0 Å². The molecule has 3 amide bonds. The van der Waals surface area contributed by atoms with Crippen molar-refractivity contribution in [2.75, 3.05) is 31.4 Å². The predicted octanol–water partition coefficient (Wildman–Crippen LogP) is 2.16. The number of primary amides is 1. The highest BCUT2D eigenvalue weighted by Gasteiger charge is 2.55. The Morgan fingerprint density at radius 1 is 1.18 bits per heavy atom. The number of anilines is 1. The van der Waals surface area contributed by atoms with Gasteiger partial charge in [0.1, 0.15) is 23.7 Å². The number of rotatable bonds is 13. The lowest BCUT2D eigenvalue weighted by Crippen LogP contribution is -2.71. The van der Waals surface area contributed by atoms with Crippen molar-refractivity contribution in [2.24, 2.45) is 11.1 Å². The number of nitrogens with zero attached hydrogens (tertiary/aromatic N) is 3. The minimum atomic E-state index is -1.06. The zero-order valence-electron chi connectivity index (χ0n) is 26.1. The van der Waals surface area contributed by atoms with Crippen molar-refractivity contribution in [3.05, 3.63) is 22.3 Å². The maximum Gasteiger partial charge on any atom is 0.404 e. The third kappa shape index (κ3) is 7.82. The first-order valence-electron chi connectivity index (χ1n) is 14.3. The molecule has 0 radical (unpaired) electrons. The molecule has 3 heterocycles. The lowest BCUT2D eigenvalue weighted by molar-refractivity contribution is -0.173. The molecule has 5 N–H and O–H groups in total. The summed E-state index contributed by atoms with van der Waals surface area (Å²) in [6.45, 7) is 12.7. The Kier molecular flexibility index (Phi) is 11.7. The number of nitrogens with one attached hydrogen (secondary N) is 1. The van der Waals surface area contributed by atoms with E-state index in [1.54, 1.807) is 26.2 Å². The quantitative estimate of drug-likeness (QED) is 0.159. The van der Waals surface area contributed by atoms with Crippen LogP contribution in [0.2, 0.25) is 0 Å². The standard InChI is InChI=1S/C28H42N6O8S2/c1-8-17(33(9-2)14(3)4)18(16-12-44-26(29)31-16)21(35)32-19-22(36)34-20(15(10-40-27(30)39)11-43-23(19)34)24(37)41-13-42-25(38)28(5,6)7/h12,14,17-19,23H,8-11,13H2,1-7H3,(H2,29,31)(H2,30,39)(H,32,35)/t17?,18?,19-,23-/m1/s1. The number of amides is 3. The summed E-state index contributed by atoms with van der Waals surface area (Å²) in [7, 11) is 0. The van der Waals surface area contributed by atoms with Crippen molar-refractivity contribution in [3.8, 4) is 0 Å². The summed E-state index contributed by atoms with van der Waals surface area (Å²) < 4.78 is 15.1. The van der Waals surface area contributed by atoms with Gasteiger partial charge in [-0.25, -0.2) is 14.6 Å². The van der Waals surface area contributed by atoms with E-state index in [0.717, 1.165) is 0 Å². The fourth-order valence-corrected chi connectivity index (χ4v) is 7.13. The molecule has 0 aromatic carbocycles. The Bertz CT molecular complexity index is 1290. The molecule has 4 atom stereocenters. The Morgan fingerprint density at radius 2 is 1.86 bits per heavy atom. The van der Waals surface area contributed by atoms with Crippen LogP contribution in [-0.4, -0.2) is 93.8 Å². The predicted molar refractivity (Wildman–Crippen MR) is 165 cm³/mol. The van der Waals surface area contributed by atoms with Crippen LogP contribution >= 0.6 is 23.1 Å². The smallest absolute Gasteiger partial charge is 0.404 e. The Morgan fingerprint density at radius 3 is 2.39 bits per heavy atom. The van der Waals surface area contributed by atoms with Crippen molar-refractivity contribution >= 4 is 58.1 Å². The number of hydrogen-bond donors (Lipinski definition) is 3. The van der Waals surface area contributed by atoms with Crippen LogP contribution in [0.3, 0.4) is 0 Å². The summed E-state index contributed by atoms with van der Waals surface area (Å²) in [5, 5.41) is 4.35. The molecule has 1 fully saturated rings.